The highest BCUT2D eigenvalue weighted by atomic mass is 32.2. The fourth-order valence-electron chi connectivity index (χ4n) is 2.56. The number of nitrogens with one attached hydrogen (secondary N) is 2. The van der Waals surface area contributed by atoms with Gasteiger partial charge in [-0.2, -0.15) is 0 Å². The van der Waals surface area contributed by atoms with E-state index < -0.39 is 5.25 Å². The summed E-state index contributed by atoms with van der Waals surface area (Å²) in [7, 11) is 1.80. The van der Waals surface area contributed by atoms with Gasteiger partial charge in [0.1, 0.15) is 5.82 Å². The highest BCUT2D eigenvalue weighted by Gasteiger charge is 2.19. The third-order valence-electron chi connectivity index (χ3n) is 4.06. The smallest absolute Gasteiger partial charge is 0.237 e. The Morgan fingerprint density at radius 3 is 2.17 bits per heavy atom. The van der Waals surface area contributed by atoms with Crippen molar-refractivity contribution in [2.45, 2.75) is 24.3 Å². The van der Waals surface area contributed by atoms with Crippen LogP contribution in [0.25, 0.3) is 11.4 Å². The molecule has 1 atom stereocenters. The van der Waals surface area contributed by atoms with Gasteiger partial charge in [0.2, 0.25) is 11.8 Å². The summed E-state index contributed by atoms with van der Waals surface area (Å²) < 4.78 is 14.9. The minimum absolute atomic E-state index is 0.157. The van der Waals surface area contributed by atoms with Crippen LogP contribution in [0, 0.1) is 5.82 Å². The lowest BCUT2D eigenvalue weighted by molar-refractivity contribution is -0.115. The average Bonchev–Trinajstić information content (AvgIpc) is 3.04. The molecule has 0 bridgehead atoms. The van der Waals surface area contributed by atoms with Gasteiger partial charge in [0, 0.05) is 30.9 Å². The van der Waals surface area contributed by atoms with Crippen molar-refractivity contribution in [1.29, 1.82) is 0 Å². The van der Waals surface area contributed by atoms with Gasteiger partial charge in [-0.3, -0.25) is 9.59 Å². The van der Waals surface area contributed by atoms with Crippen LogP contribution in [0.2, 0.25) is 0 Å². The first kappa shape index (κ1) is 20.5. The summed E-state index contributed by atoms with van der Waals surface area (Å²) >= 11 is 1.27. The summed E-state index contributed by atoms with van der Waals surface area (Å²) in [5, 5.41) is 14.0. The van der Waals surface area contributed by atoms with Crippen molar-refractivity contribution >= 4 is 35.0 Å². The van der Waals surface area contributed by atoms with Crippen molar-refractivity contribution < 1.29 is 14.0 Å². The molecule has 0 aliphatic carbocycles. The van der Waals surface area contributed by atoms with Crippen LogP contribution in [-0.4, -0.2) is 31.8 Å². The maximum Gasteiger partial charge on any atom is 0.237 e. The summed E-state index contributed by atoms with van der Waals surface area (Å²) in [4.78, 5) is 23.6. The topological polar surface area (TPSA) is 88.9 Å². The quantitative estimate of drug-likeness (QED) is 0.602. The molecule has 150 valence electrons. The number of halogens is 1. The number of hydrogen-bond donors (Lipinski definition) is 2. The minimum Gasteiger partial charge on any atom is -0.326 e. The van der Waals surface area contributed by atoms with Gasteiger partial charge in [0.05, 0.1) is 5.25 Å². The molecule has 3 rings (SSSR count). The summed E-state index contributed by atoms with van der Waals surface area (Å²) in [5.74, 6) is -0.0707. The fourth-order valence-corrected chi connectivity index (χ4v) is 3.38. The van der Waals surface area contributed by atoms with E-state index in [0.29, 0.717) is 22.4 Å². The summed E-state index contributed by atoms with van der Waals surface area (Å²) in [5.41, 5.74) is 2.02. The van der Waals surface area contributed by atoms with E-state index in [1.807, 2.05) is 0 Å². The highest BCUT2D eigenvalue weighted by molar-refractivity contribution is 8.00. The SMILES string of the molecule is CC(=O)Nc1ccc(NC(=O)[C@@H](C)Sc2nnc(-c3ccc(F)cc3)n2C)cc1. The first-order valence-corrected chi connectivity index (χ1v) is 9.72. The Labute approximate surface area is 171 Å². The molecule has 7 nitrogen and oxygen atoms in total. The molecular formula is C20H20FN5O2S. The maximum atomic E-state index is 13.1. The molecule has 29 heavy (non-hydrogen) atoms. The molecular weight excluding hydrogens is 393 g/mol. The van der Waals surface area contributed by atoms with E-state index in [0.717, 1.165) is 5.56 Å². The Morgan fingerprint density at radius 2 is 1.59 bits per heavy atom. The number of thioether (sulfide) groups is 1. The highest BCUT2D eigenvalue weighted by Crippen LogP contribution is 2.26. The molecule has 0 saturated carbocycles. The van der Waals surface area contributed by atoms with Gasteiger partial charge < -0.3 is 15.2 Å². The van der Waals surface area contributed by atoms with E-state index in [9.17, 15) is 14.0 Å². The summed E-state index contributed by atoms with van der Waals surface area (Å²) in [6.45, 7) is 3.21. The van der Waals surface area contributed by atoms with E-state index in [4.69, 9.17) is 0 Å². The zero-order valence-electron chi connectivity index (χ0n) is 16.1. The number of rotatable bonds is 6. The summed E-state index contributed by atoms with van der Waals surface area (Å²) in [6.07, 6.45) is 0. The number of carbonyl (C=O) groups excluding carboxylic acids is 2. The van der Waals surface area contributed by atoms with Gasteiger partial charge in [-0.05, 0) is 55.5 Å². The standard InChI is InChI=1S/C20H20FN5O2S/c1-12(19(28)23-17-10-8-16(9-11-17)22-13(2)27)29-20-25-24-18(26(20)3)14-4-6-15(21)7-5-14/h4-12H,1-3H3,(H,22,27)(H,23,28)/t12-/m1/s1. The van der Waals surface area contributed by atoms with Gasteiger partial charge in [-0.25, -0.2) is 4.39 Å². The third-order valence-corrected chi connectivity index (χ3v) is 5.20. The van der Waals surface area contributed by atoms with Gasteiger partial charge >= 0.3 is 0 Å². The molecule has 0 aliphatic heterocycles. The molecule has 1 heterocycles. The lowest BCUT2D eigenvalue weighted by Crippen LogP contribution is -2.22. The molecule has 0 spiro atoms. The predicted molar refractivity (Wildman–Crippen MR) is 111 cm³/mol. The van der Waals surface area contributed by atoms with E-state index in [1.54, 1.807) is 54.9 Å². The Balaban J connectivity index is 1.64. The lowest BCUT2D eigenvalue weighted by atomic mass is 10.2. The predicted octanol–water partition coefficient (Wildman–Crippen LogP) is 3.70. The maximum absolute atomic E-state index is 13.1. The molecule has 0 unspecified atom stereocenters. The second-order valence-corrected chi connectivity index (χ2v) is 7.69. The monoisotopic (exact) mass is 413 g/mol. The zero-order valence-corrected chi connectivity index (χ0v) is 17.0. The van der Waals surface area contributed by atoms with E-state index in [2.05, 4.69) is 20.8 Å². The van der Waals surface area contributed by atoms with E-state index in [-0.39, 0.29) is 17.6 Å². The van der Waals surface area contributed by atoms with Gasteiger partial charge in [0.25, 0.3) is 0 Å². The Kier molecular flexibility index (Phi) is 6.28. The number of hydrogen-bond acceptors (Lipinski definition) is 5. The minimum atomic E-state index is -0.422. The van der Waals surface area contributed by atoms with Crippen molar-refractivity contribution in [2.24, 2.45) is 7.05 Å². The van der Waals surface area contributed by atoms with Crippen LogP contribution < -0.4 is 10.6 Å². The van der Waals surface area contributed by atoms with Crippen molar-refractivity contribution in [3.63, 3.8) is 0 Å². The van der Waals surface area contributed by atoms with E-state index >= 15 is 0 Å². The van der Waals surface area contributed by atoms with Gasteiger partial charge in [-0.15, -0.1) is 10.2 Å². The normalized spacial score (nSPS) is 11.7. The van der Waals surface area contributed by atoms with Crippen LogP contribution in [0.1, 0.15) is 13.8 Å². The van der Waals surface area contributed by atoms with Crippen molar-refractivity contribution in [1.82, 2.24) is 14.8 Å². The number of amides is 2. The molecule has 2 amide bonds. The average molecular weight is 413 g/mol. The third kappa shape index (κ3) is 5.20. The fraction of sp³-hybridized carbons (Fsp3) is 0.200. The molecule has 2 N–H and O–H groups in total. The molecule has 0 aliphatic rings. The molecule has 0 fully saturated rings. The molecule has 9 heteroatoms. The lowest BCUT2D eigenvalue weighted by Gasteiger charge is -2.12. The number of carbonyl (C=O) groups is 2. The second kappa shape index (κ2) is 8.87. The van der Waals surface area contributed by atoms with Crippen molar-refractivity contribution in [2.75, 3.05) is 10.6 Å². The first-order valence-electron chi connectivity index (χ1n) is 8.84. The molecule has 1 aromatic heterocycles. The van der Waals surface area contributed by atoms with Crippen molar-refractivity contribution in [3.05, 3.63) is 54.3 Å². The Bertz CT molecular complexity index is 1020. The first-order chi connectivity index (χ1) is 13.8. The van der Waals surface area contributed by atoms with Crippen molar-refractivity contribution in [3.8, 4) is 11.4 Å². The second-order valence-electron chi connectivity index (χ2n) is 6.38. The van der Waals surface area contributed by atoms with Crippen LogP contribution >= 0.6 is 11.8 Å². The van der Waals surface area contributed by atoms with Crippen LogP contribution in [0.3, 0.4) is 0 Å². The number of benzene rings is 2. The van der Waals surface area contributed by atoms with Crippen LogP contribution in [-0.2, 0) is 16.6 Å². The molecule has 0 saturated heterocycles. The van der Waals surface area contributed by atoms with Crippen LogP contribution in [0.15, 0.2) is 53.7 Å². The zero-order chi connectivity index (χ0) is 21.0. The largest absolute Gasteiger partial charge is 0.326 e. The summed E-state index contributed by atoms with van der Waals surface area (Å²) in [6, 6.07) is 12.9. The number of anilines is 2. The Hall–Kier alpha value is -3.20. The molecule has 0 radical (unpaired) electrons. The van der Waals surface area contributed by atoms with E-state index in [1.165, 1.54) is 30.8 Å². The molecule has 3 aromatic rings. The number of aromatic nitrogens is 3. The van der Waals surface area contributed by atoms with Gasteiger partial charge in [0.15, 0.2) is 11.0 Å². The van der Waals surface area contributed by atoms with Crippen LogP contribution in [0.5, 0.6) is 0 Å². The van der Waals surface area contributed by atoms with Gasteiger partial charge in [-0.1, -0.05) is 11.8 Å². The molecule has 2 aromatic carbocycles. The van der Waals surface area contributed by atoms with Crippen LogP contribution in [0.4, 0.5) is 15.8 Å². The Morgan fingerprint density at radius 1 is 1.00 bits per heavy atom. The number of nitrogens with zero attached hydrogens (tertiary/aromatic N) is 3.